The van der Waals surface area contributed by atoms with E-state index in [0.717, 1.165) is 0 Å². The molecule has 6 nitrogen and oxygen atoms in total. The molecule has 0 heterocycles. The number of carbonyl (C=O) groups is 2. The van der Waals surface area contributed by atoms with Crippen LogP contribution in [-0.4, -0.2) is 53.6 Å². The third kappa shape index (κ3) is 5.67. The molecule has 0 spiro atoms. The zero-order chi connectivity index (χ0) is 12.8. The molecule has 6 heteroatoms. The van der Waals surface area contributed by atoms with Crippen molar-refractivity contribution in [3.05, 3.63) is 0 Å². The normalized spacial score (nSPS) is 11.1. The molecule has 0 unspecified atom stereocenters. The molecule has 0 aliphatic rings. The highest BCUT2D eigenvalue weighted by molar-refractivity contribution is 6.35. The molecule has 0 aromatic heterocycles. The van der Waals surface area contributed by atoms with E-state index in [9.17, 15) is 14.7 Å². The highest BCUT2D eigenvalue weighted by Crippen LogP contribution is 2.04. The van der Waals surface area contributed by atoms with Crippen LogP contribution in [0.25, 0.3) is 0 Å². The van der Waals surface area contributed by atoms with Gasteiger partial charge in [0, 0.05) is 26.2 Å². The number of hydrogen-bond donors (Lipinski definition) is 3. The Morgan fingerprint density at radius 1 is 1.44 bits per heavy atom. The van der Waals surface area contributed by atoms with Gasteiger partial charge in [-0.25, -0.2) is 0 Å². The Morgan fingerprint density at radius 2 is 2.00 bits per heavy atom. The molecule has 2 amide bonds. The molecule has 0 rings (SSSR count). The van der Waals surface area contributed by atoms with Gasteiger partial charge in [-0.3, -0.25) is 9.59 Å². The summed E-state index contributed by atoms with van der Waals surface area (Å²) >= 11 is 0. The molecular formula is C10H21N3O3. The third-order valence-corrected chi connectivity index (χ3v) is 1.87. The van der Waals surface area contributed by atoms with E-state index in [4.69, 9.17) is 5.73 Å². The molecule has 0 saturated carbocycles. The van der Waals surface area contributed by atoms with Crippen LogP contribution in [0.1, 0.15) is 20.8 Å². The number of rotatable bonds is 5. The third-order valence-electron chi connectivity index (χ3n) is 1.87. The van der Waals surface area contributed by atoms with E-state index < -0.39 is 17.4 Å². The fourth-order valence-corrected chi connectivity index (χ4v) is 1.20. The van der Waals surface area contributed by atoms with Gasteiger partial charge in [0.2, 0.25) is 0 Å². The fourth-order valence-electron chi connectivity index (χ4n) is 1.20. The van der Waals surface area contributed by atoms with Crippen molar-refractivity contribution in [2.75, 3.05) is 26.2 Å². The molecule has 4 N–H and O–H groups in total. The van der Waals surface area contributed by atoms with Crippen LogP contribution < -0.4 is 11.1 Å². The summed E-state index contributed by atoms with van der Waals surface area (Å²) in [4.78, 5) is 24.3. The number of nitrogens with zero attached hydrogens (tertiary/aromatic N) is 1. The standard InChI is InChI=1S/C10H21N3O3/c1-4-13(7-10(2,3)16)9(15)8(14)12-6-5-11/h16H,4-7,11H2,1-3H3,(H,12,14). The quantitative estimate of drug-likeness (QED) is 0.511. The van der Waals surface area contributed by atoms with E-state index in [2.05, 4.69) is 5.32 Å². The minimum absolute atomic E-state index is 0.123. The van der Waals surface area contributed by atoms with Gasteiger partial charge in [0.25, 0.3) is 0 Å². The average Bonchev–Trinajstić information content (AvgIpc) is 2.20. The van der Waals surface area contributed by atoms with Crippen LogP contribution in [0.2, 0.25) is 0 Å². The molecular weight excluding hydrogens is 210 g/mol. The van der Waals surface area contributed by atoms with E-state index in [1.807, 2.05) is 0 Å². The van der Waals surface area contributed by atoms with Crippen LogP contribution in [0.15, 0.2) is 0 Å². The topological polar surface area (TPSA) is 95.7 Å². The van der Waals surface area contributed by atoms with E-state index in [1.54, 1.807) is 20.8 Å². The van der Waals surface area contributed by atoms with Gasteiger partial charge in [0.1, 0.15) is 0 Å². The summed E-state index contributed by atoms with van der Waals surface area (Å²) in [6.07, 6.45) is 0. The fraction of sp³-hybridized carbons (Fsp3) is 0.800. The molecule has 16 heavy (non-hydrogen) atoms. The summed E-state index contributed by atoms with van der Waals surface area (Å²) in [6, 6.07) is 0. The lowest BCUT2D eigenvalue weighted by Crippen LogP contribution is -2.48. The molecule has 0 aliphatic heterocycles. The van der Waals surface area contributed by atoms with Crippen molar-refractivity contribution in [2.24, 2.45) is 5.73 Å². The summed E-state index contributed by atoms with van der Waals surface area (Å²) in [5.41, 5.74) is 4.19. The van der Waals surface area contributed by atoms with Crippen molar-refractivity contribution in [3.63, 3.8) is 0 Å². The molecule has 0 saturated heterocycles. The number of amides is 2. The lowest BCUT2D eigenvalue weighted by Gasteiger charge is -2.27. The van der Waals surface area contributed by atoms with Crippen molar-refractivity contribution in [1.82, 2.24) is 10.2 Å². The van der Waals surface area contributed by atoms with E-state index in [1.165, 1.54) is 4.90 Å². The number of likely N-dealkylation sites (N-methyl/N-ethyl adjacent to an activating group) is 1. The number of hydrogen-bond acceptors (Lipinski definition) is 4. The van der Waals surface area contributed by atoms with Gasteiger partial charge in [0.15, 0.2) is 0 Å². The van der Waals surface area contributed by atoms with Crippen molar-refractivity contribution in [1.29, 1.82) is 0 Å². The molecule has 0 fully saturated rings. The SMILES string of the molecule is CCN(CC(C)(C)O)C(=O)C(=O)NCCN. The Balaban J connectivity index is 4.36. The maximum Gasteiger partial charge on any atom is 0.311 e. The van der Waals surface area contributed by atoms with Crippen LogP contribution >= 0.6 is 0 Å². The first-order chi connectivity index (χ1) is 7.31. The second kappa shape index (κ2) is 6.44. The van der Waals surface area contributed by atoms with Gasteiger partial charge in [-0.1, -0.05) is 0 Å². The molecule has 0 aliphatic carbocycles. The van der Waals surface area contributed by atoms with Crippen LogP contribution in [0.3, 0.4) is 0 Å². The summed E-state index contributed by atoms with van der Waals surface area (Å²) in [5, 5.41) is 12.0. The molecule has 0 radical (unpaired) electrons. The highest BCUT2D eigenvalue weighted by Gasteiger charge is 2.25. The van der Waals surface area contributed by atoms with Crippen molar-refractivity contribution in [3.8, 4) is 0 Å². The van der Waals surface area contributed by atoms with Gasteiger partial charge < -0.3 is 21.1 Å². The smallest absolute Gasteiger partial charge is 0.311 e. The van der Waals surface area contributed by atoms with Crippen LogP contribution in [0.4, 0.5) is 0 Å². The van der Waals surface area contributed by atoms with Crippen molar-refractivity contribution >= 4 is 11.8 Å². The summed E-state index contributed by atoms with van der Waals surface area (Å²) in [6.45, 7) is 5.97. The summed E-state index contributed by atoms with van der Waals surface area (Å²) in [7, 11) is 0. The minimum atomic E-state index is -1.01. The Bertz CT molecular complexity index is 248. The Kier molecular flexibility index (Phi) is 5.98. The predicted octanol–water partition coefficient (Wildman–Crippen LogP) is -1.32. The van der Waals surface area contributed by atoms with Gasteiger partial charge in [-0.2, -0.15) is 0 Å². The maximum absolute atomic E-state index is 11.6. The zero-order valence-electron chi connectivity index (χ0n) is 10.1. The second-order valence-corrected chi connectivity index (χ2v) is 4.18. The van der Waals surface area contributed by atoms with Crippen LogP contribution in [0.5, 0.6) is 0 Å². The molecule has 0 aromatic rings. The molecule has 0 aromatic carbocycles. The Labute approximate surface area is 95.8 Å². The number of carbonyl (C=O) groups excluding carboxylic acids is 2. The zero-order valence-corrected chi connectivity index (χ0v) is 10.1. The predicted molar refractivity (Wildman–Crippen MR) is 60.6 cm³/mol. The number of nitrogens with one attached hydrogen (secondary N) is 1. The van der Waals surface area contributed by atoms with Gasteiger partial charge in [-0.15, -0.1) is 0 Å². The molecule has 0 atom stereocenters. The molecule has 94 valence electrons. The van der Waals surface area contributed by atoms with E-state index in [0.29, 0.717) is 6.54 Å². The van der Waals surface area contributed by atoms with Crippen molar-refractivity contribution in [2.45, 2.75) is 26.4 Å². The lowest BCUT2D eigenvalue weighted by atomic mass is 10.1. The first kappa shape index (κ1) is 14.9. The maximum atomic E-state index is 11.6. The average molecular weight is 231 g/mol. The summed E-state index contributed by atoms with van der Waals surface area (Å²) in [5.74, 6) is -1.32. The van der Waals surface area contributed by atoms with E-state index >= 15 is 0 Å². The van der Waals surface area contributed by atoms with Crippen LogP contribution in [0, 0.1) is 0 Å². The first-order valence-corrected chi connectivity index (χ1v) is 5.31. The monoisotopic (exact) mass is 231 g/mol. The number of nitrogens with two attached hydrogens (primary N) is 1. The van der Waals surface area contributed by atoms with Crippen molar-refractivity contribution < 1.29 is 14.7 Å². The summed E-state index contributed by atoms with van der Waals surface area (Å²) < 4.78 is 0. The van der Waals surface area contributed by atoms with Gasteiger partial charge in [0.05, 0.1) is 5.60 Å². The highest BCUT2D eigenvalue weighted by atomic mass is 16.3. The lowest BCUT2D eigenvalue weighted by molar-refractivity contribution is -0.147. The largest absolute Gasteiger partial charge is 0.389 e. The second-order valence-electron chi connectivity index (χ2n) is 4.18. The first-order valence-electron chi connectivity index (χ1n) is 5.31. The minimum Gasteiger partial charge on any atom is -0.389 e. The van der Waals surface area contributed by atoms with E-state index in [-0.39, 0.29) is 19.6 Å². The Hall–Kier alpha value is -1.14. The van der Waals surface area contributed by atoms with Gasteiger partial charge in [-0.05, 0) is 20.8 Å². The molecule has 0 bridgehead atoms. The Morgan fingerprint density at radius 3 is 2.38 bits per heavy atom. The van der Waals surface area contributed by atoms with Crippen LogP contribution in [-0.2, 0) is 9.59 Å². The van der Waals surface area contributed by atoms with Gasteiger partial charge >= 0.3 is 11.8 Å². The number of aliphatic hydroxyl groups is 1.